The highest BCUT2D eigenvalue weighted by atomic mass is 19.4. The minimum Gasteiger partial charge on any atom is -0.461 e. The maximum atomic E-state index is 13.2. The first-order valence-corrected chi connectivity index (χ1v) is 7.96. The van der Waals surface area contributed by atoms with E-state index in [0.29, 0.717) is 0 Å². The first-order chi connectivity index (χ1) is 11.6. The smallest absolute Gasteiger partial charge is 0.456 e. The first-order valence-electron chi connectivity index (χ1n) is 7.96. The van der Waals surface area contributed by atoms with Crippen LogP contribution >= 0.6 is 0 Å². The molecular formula is C17H19F5O3. The molecule has 8 heteroatoms. The molecule has 0 aliphatic heterocycles. The van der Waals surface area contributed by atoms with E-state index in [1.807, 2.05) is 6.07 Å². The molecule has 3 nitrogen and oxygen atoms in total. The second kappa shape index (κ2) is 7.68. The van der Waals surface area contributed by atoms with Gasteiger partial charge in [-0.2, -0.15) is 22.0 Å². The Morgan fingerprint density at radius 1 is 1.08 bits per heavy atom. The normalized spacial score (nSPS) is 23.1. The van der Waals surface area contributed by atoms with Gasteiger partial charge in [0.05, 0.1) is 5.92 Å². The third kappa shape index (κ3) is 4.68. The molecule has 0 bridgehead atoms. The van der Waals surface area contributed by atoms with Crippen molar-refractivity contribution in [2.24, 2.45) is 11.8 Å². The zero-order chi connectivity index (χ0) is 18.7. The van der Waals surface area contributed by atoms with Crippen molar-refractivity contribution in [2.75, 3.05) is 0 Å². The summed E-state index contributed by atoms with van der Waals surface area (Å²) >= 11 is 0. The number of carbonyl (C=O) groups excluding carboxylic acids is 1. The van der Waals surface area contributed by atoms with Crippen molar-refractivity contribution < 1.29 is 36.6 Å². The number of aliphatic hydroxyl groups excluding tert-OH is 1. The van der Waals surface area contributed by atoms with E-state index in [0.717, 1.165) is 5.56 Å². The van der Waals surface area contributed by atoms with Gasteiger partial charge >= 0.3 is 18.1 Å². The van der Waals surface area contributed by atoms with Gasteiger partial charge in [-0.1, -0.05) is 30.3 Å². The number of esters is 1. The van der Waals surface area contributed by atoms with Crippen LogP contribution in [0.4, 0.5) is 22.0 Å². The van der Waals surface area contributed by atoms with Gasteiger partial charge in [0.25, 0.3) is 0 Å². The van der Waals surface area contributed by atoms with Crippen molar-refractivity contribution in [3.63, 3.8) is 0 Å². The van der Waals surface area contributed by atoms with Crippen LogP contribution in [0.1, 0.15) is 31.2 Å². The van der Waals surface area contributed by atoms with Crippen LogP contribution in [0, 0.1) is 11.8 Å². The van der Waals surface area contributed by atoms with Gasteiger partial charge in [-0.25, -0.2) is 0 Å². The predicted octanol–water partition coefficient (Wildman–Crippen LogP) is 4.09. The number of alkyl halides is 5. The molecule has 1 unspecified atom stereocenters. The molecule has 25 heavy (non-hydrogen) atoms. The van der Waals surface area contributed by atoms with Gasteiger partial charge in [-0.15, -0.1) is 0 Å². The summed E-state index contributed by atoms with van der Waals surface area (Å²) in [6.45, 7) is 0.0777. The van der Waals surface area contributed by atoms with Crippen LogP contribution in [-0.2, 0) is 16.1 Å². The van der Waals surface area contributed by atoms with E-state index in [9.17, 15) is 31.9 Å². The Hall–Kier alpha value is -1.70. The van der Waals surface area contributed by atoms with Crippen LogP contribution < -0.4 is 0 Å². The second-order valence-corrected chi connectivity index (χ2v) is 6.27. The van der Waals surface area contributed by atoms with Crippen LogP contribution in [0.5, 0.6) is 0 Å². The molecule has 0 spiro atoms. The Morgan fingerprint density at radius 2 is 1.64 bits per heavy atom. The third-order valence-electron chi connectivity index (χ3n) is 4.53. The molecule has 1 aliphatic carbocycles. The van der Waals surface area contributed by atoms with E-state index < -0.39 is 36.0 Å². The number of rotatable bonds is 5. The van der Waals surface area contributed by atoms with E-state index in [1.165, 1.54) is 0 Å². The zero-order valence-electron chi connectivity index (χ0n) is 13.3. The topological polar surface area (TPSA) is 46.5 Å². The standard InChI is InChI=1S/C17H19F5O3/c18-16(19,17(20,21)22)14(23)12-6-8-13(9-7-12)15(24)25-10-11-4-2-1-3-5-11/h1-5,12-14,23H,6-10H2. The van der Waals surface area contributed by atoms with E-state index in [2.05, 4.69) is 0 Å². The Labute approximate surface area is 141 Å². The summed E-state index contributed by atoms with van der Waals surface area (Å²) in [5, 5.41) is 9.43. The largest absolute Gasteiger partial charge is 0.461 e. The Balaban J connectivity index is 1.83. The van der Waals surface area contributed by atoms with Gasteiger partial charge in [0.2, 0.25) is 0 Å². The van der Waals surface area contributed by atoms with Crippen molar-refractivity contribution >= 4 is 5.97 Å². The van der Waals surface area contributed by atoms with Crippen LogP contribution in [0.2, 0.25) is 0 Å². The minimum atomic E-state index is -5.79. The fraction of sp³-hybridized carbons (Fsp3) is 0.588. The molecule has 1 saturated carbocycles. The lowest BCUT2D eigenvalue weighted by atomic mass is 9.78. The minimum absolute atomic E-state index is 0.0777. The van der Waals surface area contributed by atoms with Crippen LogP contribution in [-0.4, -0.2) is 29.3 Å². The Morgan fingerprint density at radius 3 is 2.16 bits per heavy atom. The highest BCUT2D eigenvalue weighted by molar-refractivity contribution is 5.72. The maximum Gasteiger partial charge on any atom is 0.456 e. The average Bonchev–Trinajstić information content (AvgIpc) is 2.59. The van der Waals surface area contributed by atoms with Gasteiger partial charge < -0.3 is 9.84 Å². The van der Waals surface area contributed by atoms with E-state index in [1.54, 1.807) is 24.3 Å². The van der Waals surface area contributed by atoms with Crippen molar-refractivity contribution in [3.05, 3.63) is 35.9 Å². The maximum absolute atomic E-state index is 13.2. The van der Waals surface area contributed by atoms with E-state index in [4.69, 9.17) is 4.74 Å². The van der Waals surface area contributed by atoms with Gasteiger partial charge in [-0.3, -0.25) is 4.79 Å². The molecular weight excluding hydrogens is 347 g/mol. The molecule has 2 rings (SSSR count). The Kier molecular flexibility index (Phi) is 6.03. The van der Waals surface area contributed by atoms with Crippen molar-refractivity contribution in [1.82, 2.24) is 0 Å². The van der Waals surface area contributed by atoms with Gasteiger partial charge in [-0.05, 0) is 37.2 Å². The molecule has 1 aromatic carbocycles. The van der Waals surface area contributed by atoms with E-state index >= 15 is 0 Å². The summed E-state index contributed by atoms with van der Waals surface area (Å²) in [5.74, 6) is -7.40. The quantitative estimate of drug-likeness (QED) is 0.631. The number of halogens is 5. The number of ether oxygens (including phenoxy) is 1. The fourth-order valence-electron chi connectivity index (χ4n) is 2.98. The first kappa shape index (κ1) is 19.6. The summed E-state index contributed by atoms with van der Waals surface area (Å²) < 4.78 is 68.5. The second-order valence-electron chi connectivity index (χ2n) is 6.27. The molecule has 0 aromatic heterocycles. The molecule has 0 saturated heterocycles. The number of hydrogen-bond acceptors (Lipinski definition) is 3. The van der Waals surface area contributed by atoms with Gasteiger partial charge in [0, 0.05) is 0 Å². The van der Waals surface area contributed by atoms with Crippen molar-refractivity contribution in [2.45, 2.75) is 50.5 Å². The van der Waals surface area contributed by atoms with Gasteiger partial charge in [0.1, 0.15) is 12.7 Å². The van der Waals surface area contributed by atoms with Crippen LogP contribution in [0.3, 0.4) is 0 Å². The lowest BCUT2D eigenvalue weighted by Gasteiger charge is -2.34. The summed E-state index contributed by atoms with van der Waals surface area (Å²) in [7, 11) is 0. The SMILES string of the molecule is O=C(OCc1ccccc1)C1CCC(C(O)C(F)(F)C(F)(F)F)CC1. The lowest BCUT2D eigenvalue weighted by Crippen LogP contribution is -2.51. The Bertz CT molecular complexity index is 565. The molecule has 1 fully saturated rings. The van der Waals surface area contributed by atoms with Crippen LogP contribution in [0.25, 0.3) is 0 Å². The van der Waals surface area contributed by atoms with Crippen molar-refractivity contribution in [3.8, 4) is 0 Å². The number of aliphatic hydroxyl groups is 1. The summed E-state index contributed by atoms with van der Waals surface area (Å²) in [5.41, 5.74) is 0.796. The van der Waals surface area contributed by atoms with E-state index in [-0.39, 0.29) is 32.3 Å². The number of benzene rings is 1. The van der Waals surface area contributed by atoms with Crippen LogP contribution in [0.15, 0.2) is 30.3 Å². The summed E-state index contributed by atoms with van der Waals surface area (Å²) in [6.07, 6.45) is -8.53. The highest BCUT2D eigenvalue weighted by Crippen LogP contribution is 2.44. The predicted molar refractivity (Wildman–Crippen MR) is 78.7 cm³/mol. The zero-order valence-corrected chi connectivity index (χ0v) is 13.3. The molecule has 0 heterocycles. The molecule has 1 aliphatic rings. The molecule has 0 amide bonds. The highest BCUT2D eigenvalue weighted by Gasteiger charge is 2.63. The van der Waals surface area contributed by atoms with Crippen molar-refractivity contribution in [1.29, 1.82) is 0 Å². The van der Waals surface area contributed by atoms with Gasteiger partial charge in [0.15, 0.2) is 0 Å². The summed E-state index contributed by atoms with van der Waals surface area (Å²) in [4.78, 5) is 12.0. The monoisotopic (exact) mass is 366 g/mol. The number of carbonyl (C=O) groups is 1. The third-order valence-corrected chi connectivity index (χ3v) is 4.53. The molecule has 1 aromatic rings. The molecule has 0 radical (unpaired) electrons. The number of hydrogen-bond donors (Lipinski definition) is 1. The lowest BCUT2D eigenvalue weighted by molar-refractivity contribution is -0.320. The summed E-state index contributed by atoms with van der Waals surface area (Å²) in [6, 6.07) is 8.95. The molecule has 140 valence electrons. The average molecular weight is 366 g/mol. The fourth-order valence-corrected chi connectivity index (χ4v) is 2.98. The molecule has 1 atom stereocenters. The molecule has 1 N–H and O–H groups in total.